The lowest BCUT2D eigenvalue weighted by Crippen LogP contribution is -2.53. The van der Waals surface area contributed by atoms with Crippen molar-refractivity contribution in [3.05, 3.63) is 52.0 Å². The molecule has 0 aromatic carbocycles. The summed E-state index contributed by atoms with van der Waals surface area (Å²) >= 11 is 0. The molecule has 166 valence electrons. The van der Waals surface area contributed by atoms with Gasteiger partial charge in [-0.15, -0.1) is 0 Å². The Morgan fingerprint density at radius 2 is 2.13 bits per heavy atom. The van der Waals surface area contributed by atoms with Gasteiger partial charge in [0.25, 0.3) is 17.9 Å². The fraction of sp³-hybridized carbons (Fsp3) is 0.450. The molecule has 2 amide bonds. The van der Waals surface area contributed by atoms with Crippen molar-refractivity contribution in [1.29, 1.82) is 0 Å². The van der Waals surface area contributed by atoms with Gasteiger partial charge in [-0.2, -0.15) is 0 Å². The third-order valence-corrected chi connectivity index (χ3v) is 5.67. The van der Waals surface area contributed by atoms with Gasteiger partial charge in [0.05, 0.1) is 18.8 Å². The first-order chi connectivity index (χ1) is 14.8. The lowest BCUT2D eigenvalue weighted by molar-refractivity contribution is -0.123. The van der Waals surface area contributed by atoms with Gasteiger partial charge >= 0.3 is 0 Å². The number of hydrogen-bond donors (Lipinski definition) is 4. The van der Waals surface area contributed by atoms with Crippen molar-refractivity contribution >= 4 is 18.3 Å². The molecule has 0 aliphatic carbocycles. The Labute approximate surface area is 178 Å². The number of aryl methyl sites for hydroxylation is 1. The minimum absolute atomic E-state index is 0.0628. The molecule has 0 spiro atoms. The molecule has 2 aliphatic heterocycles. The van der Waals surface area contributed by atoms with Crippen LogP contribution in [0.3, 0.4) is 0 Å². The van der Waals surface area contributed by atoms with Crippen LogP contribution in [-0.4, -0.2) is 69.0 Å². The number of primary amides is 1. The second-order valence-electron chi connectivity index (χ2n) is 7.78. The number of pyridine rings is 1. The summed E-state index contributed by atoms with van der Waals surface area (Å²) in [6.45, 7) is 3.44. The van der Waals surface area contributed by atoms with E-state index in [0.717, 1.165) is 12.1 Å². The third kappa shape index (κ3) is 5.00. The second kappa shape index (κ2) is 9.56. The first-order valence-corrected chi connectivity index (χ1v) is 9.93. The molecule has 4 rings (SSSR count). The highest BCUT2D eigenvalue weighted by Gasteiger charge is 2.40. The first-order valence-electron chi connectivity index (χ1n) is 9.93. The molecule has 5 N–H and O–H groups in total. The number of H-pyrrole nitrogens is 1. The summed E-state index contributed by atoms with van der Waals surface area (Å²) < 4.78 is 1.82. The molecule has 0 radical (unpaired) electrons. The summed E-state index contributed by atoms with van der Waals surface area (Å²) in [6, 6.07) is 5.11. The largest absolute Gasteiger partial charge is 0.483 e. The summed E-state index contributed by atoms with van der Waals surface area (Å²) in [4.78, 5) is 53.8. The van der Waals surface area contributed by atoms with Crippen molar-refractivity contribution in [2.45, 2.75) is 25.3 Å². The number of imidazole rings is 1. The number of carbonyl (C=O) groups is 3. The number of hydrogen-bond acceptors (Lipinski definition) is 6. The summed E-state index contributed by atoms with van der Waals surface area (Å²) in [6.07, 6.45) is 2.42. The summed E-state index contributed by atoms with van der Waals surface area (Å²) in [5.41, 5.74) is 6.67. The van der Waals surface area contributed by atoms with E-state index < -0.39 is 0 Å². The quantitative estimate of drug-likeness (QED) is 0.463. The molecule has 1 saturated heterocycles. The number of aromatic nitrogens is 3. The predicted molar refractivity (Wildman–Crippen MR) is 111 cm³/mol. The monoisotopic (exact) mass is 430 g/mol. The summed E-state index contributed by atoms with van der Waals surface area (Å²) in [5, 5.41) is 9.82. The zero-order valence-electron chi connectivity index (χ0n) is 17.2. The van der Waals surface area contributed by atoms with Gasteiger partial charge in [-0.3, -0.25) is 24.1 Å². The molecule has 4 heterocycles. The maximum absolute atomic E-state index is 12.6. The fourth-order valence-electron chi connectivity index (χ4n) is 4.58. The zero-order valence-corrected chi connectivity index (χ0v) is 17.2. The molecule has 2 aliphatic rings. The standard InChI is InChI=1S/C19H24N6O3.CH2O2/c1-11-21-6-14(23-11)19(28)22-7-16-13-5-12(8-24(9-13)10-17(20)26)15-3-2-4-18(27)25(15)16;2-1-3/h2-4,6,12-13,16H,5,7-10H2,1H3,(H2,20,26)(H,21,23)(H,22,28);1H,(H,2,3)/t12-,13+,16+;/m1./s1. The van der Waals surface area contributed by atoms with Crippen molar-refractivity contribution in [3.63, 3.8) is 0 Å². The van der Waals surface area contributed by atoms with Gasteiger partial charge in [0, 0.05) is 37.3 Å². The number of nitrogens with one attached hydrogen (secondary N) is 2. The van der Waals surface area contributed by atoms with E-state index in [1.807, 2.05) is 10.6 Å². The number of carbonyl (C=O) groups excluding carboxylic acids is 2. The summed E-state index contributed by atoms with van der Waals surface area (Å²) in [5.74, 6) is 0.383. The molecule has 0 unspecified atom stereocenters. The highest BCUT2D eigenvalue weighted by molar-refractivity contribution is 5.92. The Kier molecular flexibility index (Phi) is 6.85. The van der Waals surface area contributed by atoms with Crippen molar-refractivity contribution in [2.75, 3.05) is 26.2 Å². The number of piperidine rings is 1. The van der Waals surface area contributed by atoms with Crippen LogP contribution in [0, 0.1) is 12.8 Å². The van der Waals surface area contributed by atoms with Gasteiger partial charge in [0.2, 0.25) is 5.91 Å². The van der Waals surface area contributed by atoms with Crippen molar-refractivity contribution in [3.8, 4) is 0 Å². The predicted octanol–water partition coefficient (Wildman–Crippen LogP) is -0.544. The number of nitrogens with two attached hydrogens (primary N) is 1. The molecular weight excluding hydrogens is 404 g/mol. The number of aromatic amines is 1. The maximum Gasteiger partial charge on any atom is 0.290 e. The Morgan fingerprint density at radius 1 is 1.39 bits per heavy atom. The lowest BCUT2D eigenvalue weighted by Gasteiger charge is -2.46. The SMILES string of the molecule is Cc1ncc(C(=O)NC[C@H]2[C@H]3C[C@H](CN(CC(N)=O)C3)c3cccc(=O)n32)[nH]1.O=CO. The van der Waals surface area contributed by atoms with Gasteiger partial charge in [0.1, 0.15) is 11.5 Å². The van der Waals surface area contributed by atoms with Gasteiger partial charge in [0.15, 0.2) is 0 Å². The highest BCUT2D eigenvalue weighted by Crippen LogP contribution is 2.40. The molecule has 3 atom stereocenters. The second-order valence-corrected chi connectivity index (χ2v) is 7.78. The topological polar surface area (TPSA) is 163 Å². The molecule has 2 aromatic rings. The van der Waals surface area contributed by atoms with E-state index in [-0.39, 0.29) is 48.3 Å². The van der Waals surface area contributed by atoms with E-state index >= 15 is 0 Å². The number of rotatable bonds is 5. The van der Waals surface area contributed by atoms with Gasteiger partial charge in [-0.25, -0.2) is 4.98 Å². The van der Waals surface area contributed by atoms with Crippen LogP contribution in [0.2, 0.25) is 0 Å². The minimum Gasteiger partial charge on any atom is -0.483 e. The van der Waals surface area contributed by atoms with Crippen LogP contribution in [0.4, 0.5) is 0 Å². The Hall–Kier alpha value is -3.47. The Morgan fingerprint density at radius 3 is 2.77 bits per heavy atom. The smallest absolute Gasteiger partial charge is 0.290 e. The minimum atomic E-state index is -0.357. The fourth-order valence-corrected chi connectivity index (χ4v) is 4.58. The average molecular weight is 430 g/mol. The number of carboxylic acid groups (broad SMARTS) is 1. The van der Waals surface area contributed by atoms with Crippen LogP contribution >= 0.6 is 0 Å². The normalized spacial score (nSPS) is 21.9. The van der Waals surface area contributed by atoms with Crippen LogP contribution in [0.1, 0.15) is 40.4 Å². The number of nitrogens with zero attached hydrogens (tertiary/aromatic N) is 3. The lowest BCUT2D eigenvalue weighted by atomic mass is 9.78. The van der Waals surface area contributed by atoms with Crippen molar-refractivity contribution in [1.82, 2.24) is 24.8 Å². The molecule has 0 saturated carbocycles. The molecular formula is C20H26N6O5. The number of likely N-dealkylation sites (tertiary alicyclic amines) is 1. The van der Waals surface area contributed by atoms with Gasteiger partial charge < -0.3 is 25.7 Å². The van der Waals surface area contributed by atoms with Crippen molar-refractivity contribution < 1.29 is 19.5 Å². The van der Waals surface area contributed by atoms with E-state index in [4.69, 9.17) is 15.6 Å². The van der Waals surface area contributed by atoms with Crippen LogP contribution in [0.5, 0.6) is 0 Å². The average Bonchev–Trinajstić information content (AvgIpc) is 3.15. The molecule has 31 heavy (non-hydrogen) atoms. The van der Waals surface area contributed by atoms with E-state index in [1.165, 1.54) is 6.20 Å². The van der Waals surface area contributed by atoms with Gasteiger partial charge in [-0.05, 0) is 25.3 Å². The molecule has 1 fully saturated rings. The maximum atomic E-state index is 12.6. The Balaban J connectivity index is 0.000000858. The number of fused-ring (bicyclic) bond motifs is 4. The van der Waals surface area contributed by atoms with E-state index in [0.29, 0.717) is 31.2 Å². The zero-order chi connectivity index (χ0) is 22.5. The highest BCUT2D eigenvalue weighted by atomic mass is 16.3. The van der Waals surface area contributed by atoms with Crippen molar-refractivity contribution in [2.24, 2.45) is 11.7 Å². The first kappa shape index (κ1) is 22.2. The Bertz CT molecular complexity index is 1020. The van der Waals surface area contributed by atoms with Crippen LogP contribution in [-0.2, 0) is 9.59 Å². The van der Waals surface area contributed by atoms with Crippen LogP contribution in [0.25, 0.3) is 0 Å². The van der Waals surface area contributed by atoms with E-state index in [1.54, 1.807) is 19.1 Å². The van der Waals surface area contributed by atoms with Crippen LogP contribution < -0.4 is 16.6 Å². The molecule has 11 nitrogen and oxygen atoms in total. The van der Waals surface area contributed by atoms with E-state index in [9.17, 15) is 14.4 Å². The van der Waals surface area contributed by atoms with Crippen LogP contribution in [0.15, 0.2) is 29.2 Å². The third-order valence-electron chi connectivity index (χ3n) is 5.67. The van der Waals surface area contributed by atoms with Gasteiger partial charge in [-0.1, -0.05) is 6.07 Å². The molecule has 11 heteroatoms. The molecule has 2 bridgehead atoms. The summed E-state index contributed by atoms with van der Waals surface area (Å²) in [7, 11) is 0. The number of amides is 2. The van der Waals surface area contributed by atoms with E-state index in [2.05, 4.69) is 20.2 Å². The molecule has 2 aromatic heterocycles.